The third-order valence-electron chi connectivity index (χ3n) is 4.10. The van der Waals surface area contributed by atoms with Crippen LogP contribution in [0.2, 0.25) is 0 Å². The van der Waals surface area contributed by atoms with E-state index in [0.717, 1.165) is 5.56 Å². The molecule has 0 bridgehead atoms. The number of hydrogen-bond donors (Lipinski definition) is 3. The van der Waals surface area contributed by atoms with E-state index in [0.29, 0.717) is 17.9 Å². The van der Waals surface area contributed by atoms with Crippen LogP contribution < -0.4 is 20.7 Å². The quantitative estimate of drug-likeness (QED) is 0.645. The summed E-state index contributed by atoms with van der Waals surface area (Å²) in [6, 6.07) is 15.3. The molecule has 0 heterocycles. The zero-order valence-electron chi connectivity index (χ0n) is 15.7. The minimum Gasteiger partial charge on any atom is -0.497 e. The van der Waals surface area contributed by atoms with Gasteiger partial charge in [0.15, 0.2) is 0 Å². The van der Waals surface area contributed by atoms with Crippen molar-refractivity contribution in [1.82, 2.24) is 16.0 Å². The third-order valence-corrected chi connectivity index (χ3v) is 4.10. The summed E-state index contributed by atoms with van der Waals surface area (Å²) in [7, 11) is 3.40. The Bertz CT molecular complexity index is 723. The zero-order valence-corrected chi connectivity index (χ0v) is 16.5. The molecule has 0 fully saturated rings. The lowest BCUT2D eigenvalue weighted by atomic mass is 10.1. The first-order valence-electron chi connectivity index (χ1n) is 8.50. The maximum atomic E-state index is 12.7. The van der Waals surface area contributed by atoms with Gasteiger partial charge in [-0.15, -0.1) is 12.4 Å². The van der Waals surface area contributed by atoms with Crippen LogP contribution in [0.4, 0.5) is 0 Å². The number of nitrogens with one attached hydrogen (secondary N) is 3. The number of methoxy groups -OCH3 is 1. The molecular weight excluding hydrogens is 366 g/mol. The van der Waals surface area contributed by atoms with E-state index >= 15 is 0 Å². The number of halogens is 1. The summed E-state index contributed by atoms with van der Waals surface area (Å²) < 4.78 is 5.10. The topological polar surface area (TPSA) is 79.5 Å². The summed E-state index contributed by atoms with van der Waals surface area (Å²) in [4.78, 5) is 25.2. The van der Waals surface area contributed by atoms with Gasteiger partial charge >= 0.3 is 0 Å². The third kappa shape index (κ3) is 6.58. The number of carbonyl (C=O) groups is 2. The Labute approximate surface area is 166 Å². The van der Waals surface area contributed by atoms with Crippen LogP contribution in [0, 0.1) is 0 Å². The number of likely N-dealkylation sites (N-methyl/N-ethyl adjacent to an activating group) is 1. The van der Waals surface area contributed by atoms with Crippen LogP contribution in [-0.2, 0) is 4.79 Å². The molecule has 2 aromatic rings. The summed E-state index contributed by atoms with van der Waals surface area (Å²) >= 11 is 0. The molecule has 0 aliphatic carbocycles. The summed E-state index contributed by atoms with van der Waals surface area (Å²) in [6.07, 6.45) is 0. The number of rotatable bonds is 8. The van der Waals surface area contributed by atoms with Crippen molar-refractivity contribution in [3.63, 3.8) is 0 Å². The van der Waals surface area contributed by atoms with Crippen LogP contribution in [0.1, 0.15) is 28.9 Å². The molecule has 27 heavy (non-hydrogen) atoms. The fourth-order valence-corrected chi connectivity index (χ4v) is 2.36. The van der Waals surface area contributed by atoms with Crippen LogP contribution in [0.15, 0.2) is 54.6 Å². The molecule has 0 spiro atoms. The van der Waals surface area contributed by atoms with E-state index in [1.165, 1.54) is 0 Å². The smallest absolute Gasteiger partial charge is 0.252 e. The van der Waals surface area contributed by atoms with Crippen molar-refractivity contribution in [2.45, 2.75) is 19.0 Å². The number of amides is 2. The van der Waals surface area contributed by atoms with Gasteiger partial charge in [-0.05, 0) is 43.8 Å². The standard InChI is InChI=1S/C20H25N3O3.ClH/c1-14(21-2)13-22-20(25)18(15-7-5-4-6-8-15)23-19(24)16-9-11-17(26-3)12-10-16;/h4-12,14,18,21H,13H2,1-3H3,(H,22,25)(H,23,24);1H. The second kappa shape index (κ2) is 11.2. The number of ether oxygens (including phenoxy) is 1. The van der Waals surface area contributed by atoms with Crippen LogP contribution in [0.5, 0.6) is 5.75 Å². The Kier molecular flexibility index (Phi) is 9.33. The second-order valence-corrected chi connectivity index (χ2v) is 5.98. The second-order valence-electron chi connectivity index (χ2n) is 5.98. The minimum atomic E-state index is -0.769. The van der Waals surface area contributed by atoms with Crippen LogP contribution >= 0.6 is 12.4 Å². The highest BCUT2D eigenvalue weighted by molar-refractivity contribution is 5.98. The van der Waals surface area contributed by atoms with E-state index < -0.39 is 6.04 Å². The van der Waals surface area contributed by atoms with Gasteiger partial charge in [0, 0.05) is 18.2 Å². The minimum absolute atomic E-state index is 0. The fraction of sp³-hybridized carbons (Fsp3) is 0.300. The van der Waals surface area contributed by atoms with Gasteiger partial charge in [-0.25, -0.2) is 0 Å². The summed E-state index contributed by atoms with van der Waals surface area (Å²) in [6.45, 7) is 2.44. The van der Waals surface area contributed by atoms with Gasteiger partial charge in [-0.1, -0.05) is 30.3 Å². The van der Waals surface area contributed by atoms with Gasteiger partial charge in [0.05, 0.1) is 7.11 Å². The van der Waals surface area contributed by atoms with Crippen molar-refractivity contribution in [2.24, 2.45) is 0 Å². The van der Waals surface area contributed by atoms with E-state index in [1.54, 1.807) is 31.4 Å². The van der Waals surface area contributed by atoms with Crippen molar-refractivity contribution >= 4 is 24.2 Å². The van der Waals surface area contributed by atoms with E-state index in [1.807, 2.05) is 44.3 Å². The van der Waals surface area contributed by atoms with Crippen molar-refractivity contribution in [3.8, 4) is 5.75 Å². The monoisotopic (exact) mass is 391 g/mol. The lowest BCUT2D eigenvalue weighted by molar-refractivity contribution is -0.123. The molecule has 0 aromatic heterocycles. The lowest BCUT2D eigenvalue weighted by Crippen LogP contribution is -2.44. The molecule has 146 valence electrons. The Morgan fingerprint density at radius 1 is 1.04 bits per heavy atom. The Morgan fingerprint density at radius 3 is 2.22 bits per heavy atom. The normalized spacial score (nSPS) is 12.3. The van der Waals surface area contributed by atoms with Gasteiger partial charge in [0.25, 0.3) is 5.91 Å². The summed E-state index contributed by atoms with van der Waals surface area (Å²) in [5, 5.41) is 8.75. The van der Waals surface area contributed by atoms with E-state index in [4.69, 9.17) is 4.74 Å². The first-order chi connectivity index (χ1) is 12.5. The average Bonchev–Trinajstić information content (AvgIpc) is 2.70. The molecule has 2 aromatic carbocycles. The van der Waals surface area contributed by atoms with E-state index in [-0.39, 0.29) is 30.3 Å². The first-order valence-corrected chi connectivity index (χ1v) is 8.50. The number of hydrogen-bond acceptors (Lipinski definition) is 4. The van der Waals surface area contributed by atoms with E-state index in [9.17, 15) is 9.59 Å². The van der Waals surface area contributed by atoms with Crippen LogP contribution in [0.3, 0.4) is 0 Å². The van der Waals surface area contributed by atoms with Gasteiger partial charge in [-0.3, -0.25) is 9.59 Å². The molecule has 0 aliphatic heterocycles. The molecule has 2 rings (SSSR count). The predicted octanol–water partition coefficient (Wildman–Crippen LogP) is 2.31. The van der Waals surface area contributed by atoms with Gasteiger partial charge in [0.1, 0.15) is 11.8 Å². The first kappa shape index (κ1) is 22.5. The molecule has 0 saturated carbocycles. The summed E-state index contributed by atoms with van der Waals surface area (Å²) in [5.41, 5.74) is 1.19. The highest BCUT2D eigenvalue weighted by Crippen LogP contribution is 2.16. The maximum Gasteiger partial charge on any atom is 0.252 e. The molecule has 0 radical (unpaired) electrons. The highest BCUT2D eigenvalue weighted by atomic mass is 35.5. The highest BCUT2D eigenvalue weighted by Gasteiger charge is 2.23. The molecule has 2 atom stereocenters. The molecule has 0 aliphatic rings. The molecular formula is C20H26ClN3O3. The number of carbonyl (C=O) groups excluding carboxylic acids is 2. The van der Waals surface area contributed by atoms with Crippen molar-refractivity contribution in [2.75, 3.05) is 20.7 Å². The van der Waals surface area contributed by atoms with Gasteiger partial charge < -0.3 is 20.7 Å². The van der Waals surface area contributed by atoms with E-state index in [2.05, 4.69) is 16.0 Å². The van der Waals surface area contributed by atoms with Gasteiger partial charge in [-0.2, -0.15) is 0 Å². The largest absolute Gasteiger partial charge is 0.497 e. The number of benzene rings is 2. The summed E-state index contributed by atoms with van der Waals surface area (Å²) in [5.74, 6) is 0.0958. The fourth-order valence-electron chi connectivity index (χ4n) is 2.36. The average molecular weight is 392 g/mol. The van der Waals surface area contributed by atoms with Crippen LogP contribution in [-0.4, -0.2) is 38.6 Å². The van der Waals surface area contributed by atoms with Gasteiger partial charge in [0.2, 0.25) is 5.91 Å². The molecule has 7 heteroatoms. The van der Waals surface area contributed by atoms with Crippen LogP contribution in [0.25, 0.3) is 0 Å². The lowest BCUT2D eigenvalue weighted by Gasteiger charge is -2.20. The molecule has 0 saturated heterocycles. The molecule has 2 amide bonds. The molecule has 2 unspecified atom stereocenters. The Hall–Kier alpha value is -2.57. The maximum absolute atomic E-state index is 12.7. The van der Waals surface area contributed by atoms with Crippen molar-refractivity contribution in [1.29, 1.82) is 0 Å². The Balaban J connectivity index is 0.00000364. The van der Waals surface area contributed by atoms with Crippen molar-refractivity contribution in [3.05, 3.63) is 65.7 Å². The SMILES string of the molecule is CNC(C)CNC(=O)C(NC(=O)c1ccc(OC)cc1)c1ccccc1.Cl. The predicted molar refractivity (Wildman–Crippen MR) is 108 cm³/mol. The zero-order chi connectivity index (χ0) is 18.9. The van der Waals surface area contributed by atoms with Crippen molar-refractivity contribution < 1.29 is 14.3 Å². The molecule has 3 N–H and O–H groups in total. The molecule has 6 nitrogen and oxygen atoms in total. The Morgan fingerprint density at radius 2 is 1.67 bits per heavy atom.